The number of thiazole rings is 1. The Labute approximate surface area is 117 Å². The van der Waals surface area contributed by atoms with Gasteiger partial charge in [0.05, 0.1) is 17.3 Å². The molecule has 0 saturated heterocycles. The summed E-state index contributed by atoms with van der Waals surface area (Å²) in [5, 5.41) is 12.3. The number of carbonyl (C=O) groups is 1. The van der Waals surface area contributed by atoms with Crippen LogP contribution in [0.5, 0.6) is 0 Å². The molecule has 4 nitrogen and oxygen atoms in total. The highest BCUT2D eigenvalue weighted by molar-refractivity contribution is 7.15. The Morgan fingerprint density at radius 2 is 2.22 bits per heavy atom. The highest BCUT2D eigenvalue weighted by Gasteiger charge is 2.14. The zero-order valence-corrected chi connectivity index (χ0v) is 11.3. The normalized spacial score (nSPS) is 10.3. The smallest absolute Gasteiger partial charge is 0.339 e. The summed E-state index contributed by atoms with van der Waals surface area (Å²) in [4.78, 5) is 15.9. The number of benzene rings is 1. The monoisotopic (exact) mass is 302 g/mol. The van der Waals surface area contributed by atoms with Gasteiger partial charge in [0, 0.05) is 11.1 Å². The zero-order valence-electron chi connectivity index (χ0n) is 8.98. The number of nitrogens with zero attached hydrogens (tertiary/aromatic N) is 1. The minimum absolute atomic E-state index is 0.0646. The van der Waals surface area contributed by atoms with Crippen LogP contribution in [0.15, 0.2) is 24.4 Å². The second-order valence-corrected chi connectivity index (χ2v) is 5.51. The van der Waals surface area contributed by atoms with Crippen LogP contribution in [-0.2, 0) is 6.54 Å². The molecule has 18 heavy (non-hydrogen) atoms. The van der Waals surface area contributed by atoms with Gasteiger partial charge in [-0.2, -0.15) is 0 Å². The number of rotatable bonds is 4. The summed E-state index contributed by atoms with van der Waals surface area (Å²) in [5.41, 5.74) is 0.536. The number of carboxylic acid groups (broad SMARTS) is 1. The van der Waals surface area contributed by atoms with Gasteiger partial charge < -0.3 is 10.4 Å². The van der Waals surface area contributed by atoms with Gasteiger partial charge in [-0.3, -0.25) is 0 Å². The van der Waals surface area contributed by atoms with Crippen LogP contribution in [0.2, 0.25) is 9.49 Å². The number of aromatic nitrogens is 1. The van der Waals surface area contributed by atoms with Crippen LogP contribution in [0, 0.1) is 0 Å². The number of halogens is 2. The number of nitrogens with one attached hydrogen (secondary N) is 1. The molecule has 0 saturated carbocycles. The quantitative estimate of drug-likeness (QED) is 0.902. The van der Waals surface area contributed by atoms with E-state index in [0.717, 1.165) is 4.88 Å². The fourth-order valence-corrected chi connectivity index (χ4v) is 2.61. The van der Waals surface area contributed by atoms with E-state index in [1.165, 1.54) is 11.3 Å². The minimum Gasteiger partial charge on any atom is -0.478 e. The molecular weight excluding hydrogens is 295 g/mol. The third-order valence-electron chi connectivity index (χ3n) is 2.21. The Morgan fingerprint density at radius 3 is 2.83 bits per heavy atom. The van der Waals surface area contributed by atoms with Crippen molar-refractivity contribution in [2.45, 2.75) is 6.54 Å². The van der Waals surface area contributed by atoms with Crippen molar-refractivity contribution in [3.05, 3.63) is 44.3 Å². The van der Waals surface area contributed by atoms with E-state index in [1.54, 1.807) is 24.4 Å². The maximum absolute atomic E-state index is 11.1. The topological polar surface area (TPSA) is 62.2 Å². The predicted octanol–water partition coefficient (Wildman–Crippen LogP) is 3.76. The molecule has 1 heterocycles. The van der Waals surface area contributed by atoms with Gasteiger partial charge in [-0.15, -0.1) is 11.3 Å². The van der Waals surface area contributed by atoms with E-state index < -0.39 is 5.97 Å². The van der Waals surface area contributed by atoms with E-state index in [-0.39, 0.29) is 10.6 Å². The van der Waals surface area contributed by atoms with Crippen molar-refractivity contribution >= 4 is 46.2 Å². The molecule has 0 aliphatic rings. The molecule has 2 N–H and O–H groups in total. The first-order valence-electron chi connectivity index (χ1n) is 4.94. The summed E-state index contributed by atoms with van der Waals surface area (Å²) >= 11 is 12.9. The number of hydrogen-bond donors (Lipinski definition) is 2. The molecule has 2 aromatic rings. The lowest BCUT2D eigenvalue weighted by Crippen LogP contribution is -2.06. The van der Waals surface area contributed by atoms with Crippen molar-refractivity contribution < 1.29 is 9.90 Å². The van der Waals surface area contributed by atoms with Gasteiger partial charge in [-0.05, 0) is 12.1 Å². The molecule has 0 radical (unpaired) electrons. The standard InChI is InChI=1S/C11H8Cl2N2O2S/c12-7-2-1-3-8(9(7)10(16)17)14-4-6-5-15-11(13)18-6/h1-3,5,14H,4H2,(H,16,17). The van der Waals surface area contributed by atoms with E-state index in [1.807, 2.05) is 0 Å². The first kappa shape index (κ1) is 13.1. The van der Waals surface area contributed by atoms with Gasteiger partial charge in [0.2, 0.25) is 0 Å². The van der Waals surface area contributed by atoms with Gasteiger partial charge in [-0.1, -0.05) is 29.3 Å². The SMILES string of the molecule is O=C(O)c1c(Cl)cccc1NCc1cnc(Cl)s1. The molecule has 0 bridgehead atoms. The van der Waals surface area contributed by atoms with Crippen molar-refractivity contribution in [1.29, 1.82) is 0 Å². The molecule has 0 aliphatic carbocycles. The first-order valence-corrected chi connectivity index (χ1v) is 6.51. The number of aromatic carboxylic acids is 1. The van der Waals surface area contributed by atoms with E-state index >= 15 is 0 Å². The number of anilines is 1. The molecule has 0 aliphatic heterocycles. The molecule has 1 aromatic carbocycles. The molecule has 0 atom stereocenters. The van der Waals surface area contributed by atoms with Crippen LogP contribution < -0.4 is 5.32 Å². The number of carboxylic acids is 1. The van der Waals surface area contributed by atoms with Crippen LogP contribution in [0.25, 0.3) is 0 Å². The molecule has 1 aromatic heterocycles. The molecule has 0 spiro atoms. The van der Waals surface area contributed by atoms with E-state index in [4.69, 9.17) is 28.3 Å². The van der Waals surface area contributed by atoms with Crippen LogP contribution in [0.1, 0.15) is 15.2 Å². The third-order valence-corrected chi connectivity index (χ3v) is 3.64. The molecule has 94 valence electrons. The summed E-state index contributed by atoms with van der Waals surface area (Å²) in [5.74, 6) is -1.06. The molecule has 0 fully saturated rings. The molecule has 7 heteroatoms. The maximum atomic E-state index is 11.1. The van der Waals surface area contributed by atoms with Crippen molar-refractivity contribution in [2.24, 2.45) is 0 Å². The summed E-state index contributed by atoms with van der Waals surface area (Å²) < 4.78 is 0.455. The van der Waals surface area contributed by atoms with Gasteiger partial charge in [0.25, 0.3) is 0 Å². The first-order chi connectivity index (χ1) is 8.58. The second-order valence-electron chi connectivity index (χ2n) is 3.40. The van der Waals surface area contributed by atoms with Crippen molar-refractivity contribution in [1.82, 2.24) is 4.98 Å². The summed E-state index contributed by atoms with van der Waals surface area (Å²) in [6, 6.07) is 4.90. The molecule has 2 rings (SSSR count). The van der Waals surface area contributed by atoms with Crippen LogP contribution in [0.4, 0.5) is 5.69 Å². The fraction of sp³-hybridized carbons (Fsp3) is 0.0909. The zero-order chi connectivity index (χ0) is 13.1. The minimum atomic E-state index is -1.06. The summed E-state index contributed by atoms with van der Waals surface area (Å²) in [6.45, 7) is 0.449. The second kappa shape index (κ2) is 5.56. The average molecular weight is 303 g/mol. The average Bonchev–Trinajstić information content (AvgIpc) is 2.72. The van der Waals surface area contributed by atoms with Crippen molar-refractivity contribution in [3.63, 3.8) is 0 Å². The Morgan fingerprint density at radius 1 is 1.44 bits per heavy atom. The lowest BCUT2D eigenvalue weighted by molar-refractivity contribution is 0.0698. The van der Waals surface area contributed by atoms with Gasteiger partial charge in [0.15, 0.2) is 4.47 Å². The maximum Gasteiger partial charge on any atom is 0.339 e. The lowest BCUT2D eigenvalue weighted by atomic mass is 10.2. The summed E-state index contributed by atoms with van der Waals surface area (Å²) in [6.07, 6.45) is 1.64. The molecule has 0 amide bonds. The van der Waals surface area contributed by atoms with Gasteiger partial charge in [-0.25, -0.2) is 9.78 Å². The fourth-order valence-electron chi connectivity index (χ4n) is 1.44. The Balaban J connectivity index is 2.19. The van der Waals surface area contributed by atoms with Crippen LogP contribution >= 0.6 is 34.5 Å². The van der Waals surface area contributed by atoms with E-state index in [2.05, 4.69) is 10.3 Å². The Bertz CT molecular complexity index is 586. The van der Waals surface area contributed by atoms with Crippen molar-refractivity contribution in [3.8, 4) is 0 Å². The van der Waals surface area contributed by atoms with E-state index in [0.29, 0.717) is 16.7 Å². The Kier molecular flexibility index (Phi) is 4.06. The van der Waals surface area contributed by atoms with Gasteiger partial charge in [0.1, 0.15) is 5.56 Å². The summed E-state index contributed by atoms with van der Waals surface area (Å²) in [7, 11) is 0. The van der Waals surface area contributed by atoms with Crippen LogP contribution in [-0.4, -0.2) is 16.1 Å². The number of hydrogen-bond acceptors (Lipinski definition) is 4. The highest BCUT2D eigenvalue weighted by Crippen LogP contribution is 2.25. The highest BCUT2D eigenvalue weighted by atomic mass is 35.5. The van der Waals surface area contributed by atoms with Crippen LogP contribution in [0.3, 0.4) is 0 Å². The lowest BCUT2D eigenvalue weighted by Gasteiger charge is -2.09. The largest absolute Gasteiger partial charge is 0.478 e. The molecular formula is C11H8Cl2N2O2S. The van der Waals surface area contributed by atoms with Gasteiger partial charge >= 0.3 is 5.97 Å². The molecule has 0 unspecified atom stereocenters. The van der Waals surface area contributed by atoms with E-state index in [9.17, 15) is 4.79 Å². The third kappa shape index (κ3) is 2.93. The predicted molar refractivity (Wildman–Crippen MR) is 72.9 cm³/mol. The Hall–Kier alpha value is -1.30. The van der Waals surface area contributed by atoms with Crippen molar-refractivity contribution in [2.75, 3.05) is 5.32 Å².